The molecule has 0 fully saturated rings. The van der Waals surface area contributed by atoms with E-state index in [0.29, 0.717) is 22.3 Å². The van der Waals surface area contributed by atoms with Gasteiger partial charge in [-0.15, -0.1) is 0 Å². The van der Waals surface area contributed by atoms with Crippen molar-refractivity contribution in [2.75, 3.05) is 0 Å². The van der Waals surface area contributed by atoms with E-state index in [0.717, 1.165) is 11.4 Å². The Kier molecular flexibility index (Phi) is 4.98. The molecule has 0 unspecified atom stereocenters. The number of rotatable bonds is 4. The molecule has 0 aliphatic carbocycles. The molecule has 3 heterocycles. The standard InChI is InChI=1S/C21H16ClFN4O2/c1-12-10-13(2)27(26-12)18-8-6-16(22)20(25-18)21(28)29-11-14-5-7-17(23)15-4-3-9-24-19(14)15/h3-10H,11H2,1-2H3. The van der Waals surface area contributed by atoms with Crippen LogP contribution in [0.25, 0.3) is 16.7 Å². The molecule has 0 bridgehead atoms. The van der Waals surface area contributed by atoms with Gasteiger partial charge in [0.1, 0.15) is 12.4 Å². The number of fused-ring (bicyclic) bond motifs is 1. The summed E-state index contributed by atoms with van der Waals surface area (Å²) in [7, 11) is 0. The molecule has 0 amide bonds. The molecule has 4 rings (SSSR count). The van der Waals surface area contributed by atoms with Gasteiger partial charge in [-0.2, -0.15) is 5.10 Å². The van der Waals surface area contributed by atoms with Crippen LogP contribution in [0.3, 0.4) is 0 Å². The smallest absolute Gasteiger partial charge is 0.358 e. The predicted octanol–water partition coefficient (Wildman–Crippen LogP) is 4.58. The quantitative estimate of drug-likeness (QED) is 0.460. The van der Waals surface area contributed by atoms with Crippen molar-refractivity contribution in [3.63, 3.8) is 0 Å². The largest absolute Gasteiger partial charge is 0.456 e. The Labute approximate surface area is 170 Å². The first-order valence-corrected chi connectivity index (χ1v) is 9.21. The summed E-state index contributed by atoms with van der Waals surface area (Å²) in [6.07, 6.45) is 1.56. The minimum Gasteiger partial charge on any atom is -0.456 e. The van der Waals surface area contributed by atoms with E-state index in [1.807, 2.05) is 19.9 Å². The SMILES string of the molecule is Cc1cc(C)n(-c2ccc(Cl)c(C(=O)OCc3ccc(F)c4cccnc34)n2)n1. The number of halogens is 2. The van der Waals surface area contributed by atoms with Gasteiger partial charge < -0.3 is 4.74 Å². The highest BCUT2D eigenvalue weighted by molar-refractivity contribution is 6.33. The molecular weight excluding hydrogens is 395 g/mol. The summed E-state index contributed by atoms with van der Waals surface area (Å²) in [5.74, 6) is -0.613. The normalized spacial score (nSPS) is 11.0. The number of esters is 1. The van der Waals surface area contributed by atoms with Crippen molar-refractivity contribution >= 4 is 28.5 Å². The van der Waals surface area contributed by atoms with Crippen molar-refractivity contribution in [3.8, 4) is 5.82 Å². The van der Waals surface area contributed by atoms with Gasteiger partial charge in [0.15, 0.2) is 11.5 Å². The van der Waals surface area contributed by atoms with Crippen molar-refractivity contribution < 1.29 is 13.9 Å². The highest BCUT2D eigenvalue weighted by Crippen LogP contribution is 2.22. The van der Waals surface area contributed by atoms with Gasteiger partial charge in [-0.1, -0.05) is 17.7 Å². The van der Waals surface area contributed by atoms with Crippen LogP contribution < -0.4 is 0 Å². The van der Waals surface area contributed by atoms with Gasteiger partial charge in [0.05, 0.1) is 16.2 Å². The van der Waals surface area contributed by atoms with Crippen LogP contribution >= 0.6 is 11.6 Å². The highest BCUT2D eigenvalue weighted by atomic mass is 35.5. The third kappa shape index (κ3) is 3.69. The summed E-state index contributed by atoms with van der Waals surface area (Å²) in [4.78, 5) is 21.1. The summed E-state index contributed by atoms with van der Waals surface area (Å²) in [6.45, 7) is 3.67. The maximum absolute atomic E-state index is 13.9. The Morgan fingerprint density at radius 3 is 2.79 bits per heavy atom. The molecule has 4 aromatic rings. The summed E-state index contributed by atoms with van der Waals surface area (Å²) in [5.41, 5.74) is 2.72. The molecule has 0 radical (unpaired) electrons. The molecule has 0 spiro atoms. The monoisotopic (exact) mass is 410 g/mol. The molecule has 6 nitrogen and oxygen atoms in total. The van der Waals surface area contributed by atoms with E-state index in [4.69, 9.17) is 16.3 Å². The summed E-state index contributed by atoms with van der Waals surface area (Å²) in [5, 5.41) is 4.90. The van der Waals surface area contributed by atoms with Gasteiger partial charge in [-0.05, 0) is 50.2 Å². The number of benzene rings is 1. The van der Waals surface area contributed by atoms with Crippen LogP contribution in [0.2, 0.25) is 5.02 Å². The highest BCUT2D eigenvalue weighted by Gasteiger charge is 2.18. The number of carbonyl (C=O) groups excluding carboxylic acids is 1. The van der Waals surface area contributed by atoms with Gasteiger partial charge >= 0.3 is 5.97 Å². The van der Waals surface area contributed by atoms with E-state index in [1.165, 1.54) is 6.07 Å². The molecule has 146 valence electrons. The van der Waals surface area contributed by atoms with E-state index >= 15 is 0 Å². The molecule has 3 aromatic heterocycles. The first-order valence-electron chi connectivity index (χ1n) is 8.83. The van der Waals surface area contributed by atoms with Crippen molar-refractivity contribution in [3.05, 3.63) is 82.1 Å². The van der Waals surface area contributed by atoms with Gasteiger partial charge in [0.2, 0.25) is 0 Å². The van der Waals surface area contributed by atoms with E-state index in [9.17, 15) is 9.18 Å². The Balaban J connectivity index is 1.60. The lowest BCUT2D eigenvalue weighted by molar-refractivity contribution is 0.0467. The zero-order valence-electron chi connectivity index (χ0n) is 15.7. The Hall–Kier alpha value is -3.32. The van der Waals surface area contributed by atoms with Crippen LogP contribution in [-0.2, 0) is 11.3 Å². The molecule has 0 aliphatic heterocycles. The topological polar surface area (TPSA) is 69.9 Å². The zero-order valence-corrected chi connectivity index (χ0v) is 16.4. The summed E-state index contributed by atoms with van der Waals surface area (Å²) in [6, 6.07) is 11.3. The molecule has 0 saturated heterocycles. The Morgan fingerprint density at radius 1 is 1.21 bits per heavy atom. The van der Waals surface area contributed by atoms with Crippen LogP contribution in [0.4, 0.5) is 4.39 Å². The first kappa shape index (κ1) is 19.0. The Morgan fingerprint density at radius 2 is 2.03 bits per heavy atom. The van der Waals surface area contributed by atoms with Crippen molar-refractivity contribution in [1.29, 1.82) is 0 Å². The van der Waals surface area contributed by atoms with E-state index in [1.54, 1.807) is 41.2 Å². The number of nitrogens with zero attached hydrogens (tertiary/aromatic N) is 4. The van der Waals surface area contributed by atoms with Crippen LogP contribution in [0.5, 0.6) is 0 Å². The third-order valence-electron chi connectivity index (χ3n) is 4.41. The van der Waals surface area contributed by atoms with E-state index in [2.05, 4.69) is 15.1 Å². The fourth-order valence-electron chi connectivity index (χ4n) is 3.08. The van der Waals surface area contributed by atoms with Gasteiger partial charge in [-0.3, -0.25) is 4.98 Å². The molecule has 0 atom stereocenters. The number of aryl methyl sites for hydroxylation is 2. The zero-order chi connectivity index (χ0) is 20.5. The fraction of sp³-hybridized carbons (Fsp3) is 0.143. The van der Waals surface area contributed by atoms with Crippen LogP contribution in [0.1, 0.15) is 27.4 Å². The van der Waals surface area contributed by atoms with E-state index < -0.39 is 5.97 Å². The van der Waals surface area contributed by atoms with Crippen LogP contribution in [-0.4, -0.2) is 25.7 Å². The lowest BCUT2D eigenvalue weighted by atomic mass is 10.1. The minimum atomic E-state index is -0.688. The van der Waals surface area contributed by atoms with Gasteiger partial charge in [0, 0.05) is 22.8 Å². The average Bonchev–Trinajstić information content (AvgIpc) is 3.06. The molecule has 29 heavy (non-hydrogen) atoms. The first-order chi connectivity index (χ1) is 13.9. The molecule has 0 N–H and O–H groups in total. The van der Waals surface area contributed by atoms with Crippen LogP contribution in [0.15, 0.2) is 48.7 Å². The minimum absolute atomic E-state index is 0.0175. The molecule has 8 heteroatoms. The molecular formula is C21H16ClFN4O2. The second-order valence-corrected chi connectivity index (χ2v) is 6.93. The fourth-order valence-corrected chi connectivity index (χ4v) is 3.26. The van der Waals surface area contributed by atoms with Crippen LogP contribution in [0, 0.1) is 19.7 Å². The number of aromatic nitrogens is 4. The molecule has 1 aromatic carbocycles. The number of carbonyl (C=O) groups is 1. The lowest BCUT2D eigenvalue weighted by Gasteiger charge is -2.10. The maximum Gasteiger partial charge on any atom is 0.358 e. The predicted molar refractivity (Wildman–Crippen MR) is 107 cm³/mol. The summed E-state index contributed by atoms with van der Waals surface area (Å²) < 4.78 is 21.0. The second kappa shape index (κ2) is 7.60. The van der Waals surface area contributed by atoms with Gasteiger partial charge in [-0.25, -0.2) is 18.9 Å². The molecule has 0 saturated carbocycles. The number of hydrogen-bond acceptors (Lipinski definition) is 5. The second-order valence-electron chi connectivity index (χ2n) is 6.52. The Bertz CT molecular complexity index is 1240. The van der Waals surface area contributed by atoms with Crippen molar-refractivity contribution in [2.24, 2.45) is 0 Å². The maximum atomic E-state index is 13.9. The molecule has 0 aliphatic rings. The van der Waals surface area contributed by atoms with Crippen molar-refractivity contribution in [1.82, 2.24) is 19.7 Å². The van der Waals surface area contributed by atoms with E-state index in [-0.39, 0.29) is 23.1 Å². The average molecular weight is 411 g/mol. The summed E-state index contributed by atoms with van der Waals surface area (Å²) >= 11 is 6.17. The number of ether oxygens (including phenoxy) is 1. The number of hydrogen-bond donors (Lipinski definition) is 0. The van der Waals surface area contributed by atoms with Crippen molar-refractivity contribution in [2.45, 2.75) is 20.5 Å². The third-order valence-corrected chi connectivity index (χ3v) is 4.72. The number of pyridine rings is 2. The van der Waals surface area contributed by atoms with Gasteiger partial charge in [0.25, 0.3) is 0 Å². The lowest BCUT2D eigenvalue weighted by Crippen LogP contribution is -2.12.